The third kappa shape index (κ3) is 4.23. The lowest BCUT2D eigenvalue weighted by atomic mass is 9.67. The van der Waals surface area contributed by atoms with E-state index < -0.39 is 17.9 Å². The molecule has 0 aliphatic carbocycles. The minimum absolute atomic E-state index is 0.0869. The third-order valence-corrected chi connectivity index (χ3v) is 7.73. The van der Waals surface area contributed by atoms with E-state index in [9.17, 15) is 10.5 Å². The van der Waals surface area contributed by atoms with Crippen LogP contribution in [0.1, 0.15) is 53.6 Å². The zero-order valence-corrected chi connectivity index (χ0v) is 20.8. The van der Waals surface area contributed by atoms with Gasteiger partial charge in [-0.05, 0) is 53.8 Å². The molecule has 1 unspecified atom stereocenters. The van der Waals surface area contributed by atoms with Crippen molar-refractivity contribution in [2.24, 2.45) is 0 Å². The van der Waals surface area contributed by atoms with Crippen molar-refractivity contribution in [1.82, 2.24) is 15.0 Å². The Bertz CT molecular complexity index is 1500. The number of nitrogens with zero attached hydrogens (tertiary/aromatic N) is 5. The number of halogens is 2. The van der Waals surface area contributed by atoms with E-state index in [1.54, 1.807) is 24.3 Å². The number of benzene rings is 3. The lowest BCUT2D eigenvalue weighted by Gasteiger charge is -2.55. The number of aromatic nitrogens is 2. The summed E-state index contributed by atoms with van der Waals surface area (Å²) in [5.41, 5.74) is 2.17. The summed E-state index contributed by atoms with van der Waals surface area (Å²) < 4.78 is 35.5. The highest BCUT2D eigenvalue weighted by Crippen LogP contribution is 2.47. The van der Waals surface area contributed by atoms with E-state index in [-0.39, 0.29) is 23.2 Å². The molecule has 190 valence electrons. The van der Waals surface area contributed by atoms with Gasteiger partial charge in [-0.25, -0.2) is 4.39 Å². The normalized spacial score (nSPS) is 17.6. The Hall–Kier alpha value is -4.40. The molecule has 0 saturated carbocycles. The van der Waals surface area contributed by atoms with Crippen molar-refractivity contribution in [2.75, 3.05) is 13.2 Å². The molecule has 0 N–H and O–H groups in total. The largest absolute Gasteiger partial charge is 0.342 e. The topological polar surface area (TPSA) is 89.7 Å². The maximum Gasteiger partial charge on any atom is 0.214 e. The minimum atomic E-state index is -1.13. The summed E-state index contributed by atoms with van der Waals surface area (Å²) in [6, 6.07) is 23.1. The highest BCUT2D eigenvalue weighted by Gasteiger charge is 2.50. The number of nitriles is 2. The van der Waals surface area contributed by atoms with Gasteiger partial charge in [0.2, 0.25) is 12.2 Å². The summed E-state index contributed by atoms with van der Waals surface area (Å²) >= 11 is 0. The predicted octanol–water partition coefficient (Wildman–Crippen LogP) is 6.10. The number of likely N-dealkylation sites (tertiary alicyclic amines) is 1. The fourth-order valence-corrected chi connectivity index (χ4v) is 5.63. The van der Waals surface area contributed by atoms with Crippen LogP contribution in [0.25, 0.3) is 11.4 Å². The van der Waals surface area contributed by atoms with Crippen LogP contribution < -0.4 is 0 Å². The molecule has 3 atom stereocenters. The van der Waals surface area contributed by atoms with E-state index >= 15 is 8.78 Å². The van der Waals surface area contributed by atoms with Crippen LogP contribution in [-0.2, 0) is 5.41 Å². The lowest BCUT2D eigenvalue weighted by molar-refractivity contribution is -0.0130. The van der Waals surface area contributed by atoms with Crippen LogP contribution in [-0.4, -0.2) is 34.3 Å². The Balaban J connectivity index is 1.62. The van der Waals surface area contributed by atoms with Crippen LogP contribution >= 0.6 is 0 Å². The smallest absolute Gasteiger partial charge is 0.214 e. The van der Waals surface area contributed by atoms with E-state index in [1.807, 2.05) is 49.4 Å². The van der Waals surface area contributed by atoms with Crippen molar-refractivity contribution < 1.29 is 13.3 Å². The zero-order valence-electron chi connectivity index (χ0n) is 20.8. The zero-order chi connectivity index (χ0) is 26.7. The molecule has 0 radical (unpaired) electrons. The van der Waals surface area contributed by atoms with Gasteiger partial charge < -0.3 is 4.52 Å². The maximum absolute atomic E-state index is 15.5. The second-order valence-electron chi connectivity index (χ2n) is 9.48. The van der Waals surface area contributed by atoms with E-state index in [4.69, 9.17) is 4.52 Å². The van der Waals surface area contributed by atoms with Crippen molar-refractivity contribution in [3.05, 3.63) is 107 Å². The summed E-state index contributed by atoms with van der Waals surface area (Å²) in [6.07, 6.45) is 2.30. The fraction of sp³-hybridized carbons (Fsp3) is 0.267. The Labute approximate surface area is 219 Å². The standard InChI is InChI=1S/C30H25F2N5O/c1-2-30(18-31,25-8-4-7-24(17-34)27(25)32)26-13-14-37(26)28(21-11-9-20(16-33)10-12-21)22-5-3-6-23(15-22)29-35-19-38-36-29/h3-12,15,19,26,28H,2,13-14,18H2,1H3/t26?,28-,30-/m0/s1. The van der Waals surface area contributed by atoms with Gasteiger partial charge >= 0.3 is 0 Å². The van der Waals surface area contributed by atoms with Crippen molar-refractivity contribution in [3.8, 4) is 23.5 Å². The molecule has 1 aliphatic rings. The molecular formula is C30H25F2N5O. The van der Waals surface area contributed by atoms with Crippen LogP contribution in [0.2, 0.25) is 0 Å². The van der Waals surface area contributed by atoms with Crippen molar-refractivity contribution in [2.45, 2.75) is 37.3 Å². The van der Waals surface area contributed by atoms with Gasteiger partial charge in [0.15, 0.2) is 0 Å². The summed E-state index contributed by atoms with van der Waals surface area (Å²) in [5.74, 6) is -0.206. The molecule has 0 spiro atoms. The average molecular weight is 510 g/mol. The maximum atomic E-state index is 15.5. The molecule has 1 aromatic heterocycles. The molecule has 2 heterocycles. The third-order valence-electron chi connectivity index (χ3n) is 7.73. The molecule has 0 bridgehead atoms. The number of hydrogen-bond donors (Lipinski definition) is 0. The number of rotatable bonds is 8. The summed E-state index contributed by atoms with van der Waals surface area (Å²) in [4.78, 5) is 6.36. The number of hydrogen-bond acceptors (Lipinski definition) is 6. The fourth-order valence-electron chi connectivity index (χ4n) is 5.63. The first-order chi connectivity index (χ1) is 18.6. The van der Waals surface area contributed by atoms with Crippen molar-refractivity contribution in [1.29, 1.82) is 10.5 Å². The first kappa shape index (κ1) is 25.3. The van der Waals surface area contributed by atoms with Crippen molar-refractivity contribution >= 4 is 0 Å². The van der Waals surface area contributed by atoms with E-state index in [1.165, 1.54) is 12.5 Å². The molecule has 1 aliphatic heterocycles. The van der Waals surface area contributed by atoms with Gasteiger partial charge in [-0.3, -0.25) is 9.29 Å². The second-order valence-corrected chi connectivity index (χ2v) is 9.48. The number of alkyl halides is 1. The van der Waals surface area contributed by atoms with Crippen LogP contribution in [0.15, 0.2) is 77.6 Å². The SMILES string of the molecule is CC[C@](CF)(c1cccc(C#N)c1F)C1CCN1[C@@H](c1ccc(C#N)cc1)c1cccc(-c2ncon2)c1. The van der Waals surface area contributed by atoms with Crippen LogP contribution in [0.5, 0.6) is 0 Å². The molecule has 4 aromatic rings. The van der Waals surface area contributed by atoms with Gasteiger partial charge in [-0.2, -0.15) is 15.5 Å². The van der Waals surface area contributed by atoms with Gasteiger partial charge in [0, 0.05) is 23.6 Å². The Morgan fingerprint density at radius 1 is 1.08 bits per heavy atom. The lowest BCUT2D eigenvalue weighted by Crippen LogP contribution is -2.61. The first-order valence-electron chi connectivity index (χ1n) is 12.4. The highest BCUT2D eigenvalue weighted by molar-refractivity contribution is 5.56. The minimum Gasteiger partial charge on any atom is -0.342 e. The molecule has 3 aromatic carbocycles. The van der Waals surface area contributed by atoms with Gasteiger partial charge in [0.1, 0.15) is 18.6 Å². The summed E-state index contributed by atoms with van der Waals surface area (Å²) in [5, 5.41) is 22.7. The molecule has 8 heteroatoms. The van der Waals surface area contributed by atoms with Crippen LogP contribution in [0.4, 0.5) is 8.78 Å². The van der Waals surface area contributed by atoms with Crippen LogP contribution in [0, 0.1) is 28.5 Å². The average Bonchev–Trinajstić information content (AvgIpc) is 3.50. The van der Waals surface area contributed by atoms with Crippen LogP contribution in [0.3, 0.4) is 0 Å². The van der Waals surface area contributed by atoms with E-state index in [2.05, 4.69) is 21.1 Å². The van der Waals surface area contributed by atoms with Gasteiger partial charge in [0.25, 0.3) is 0 Å². The molecule has 1 saturated heterocycles. The van der Waals surface area contributed by atoms with E-state index in [0.29, 0.717) is 30.8 Å². The molecule has 6 nitrogen and oxygen atoms in total. The Morgan fingerprint density at radius 2 is 1.87 bits per heavy atom. The molecular weight excluding hydrogens is 484 g/mol. The molecule has 0 amide bonds. The molecule has 5 rings (SSSR count). The predicted molar refractivity (Wildman–Crippen MR) is 137 cm³/mol. The van der Waals surface area contributed by atoms with Gasteiger partial charge in [-0.15, -0.1) is 0 Å². The second kappa shape index (κ2) is 10.5. The van der Waals surface area contributed by atoms with Gasteiger partial charge in [0.05, 0.1) is 23.2 Å². The molecule has 38 heavy (non-hydrogen) atoms. The summed E-state index contributed by atoms with van der Waals surface area (Å²) in [7, 11) is 0. The van der Waals surface area contributed by atoms with Crippen molar-refractivity contribution in [3.63, 3.8) is 0 Å². The summed E-state index contributed by atoms with van der Waals surface area (Å²) in [6.45, 7) is 1.77. The Kier molecular flexibility index (Phi) is 7.00. The molecule has 1 fully saturated rings. The monoisotopic (exact) mass is 509 g/mol. The first-order valence-corrected chi connectivity index (χ1v) is 12.4. The van der Waals surface area contributed by atoms with Gasteiger partial charge in [-0.1, -0.05) is 54.5 Å². The quantitative estimate of drug-likeness (QED) is 0.285. The van der Waals surface area contributed by atoms with E-state index in [0.717, 1.165) is 16.7 Å². The Morgan fingerprint density at radius 3 is 2.47 bits per heavy atom. The highest BCUT2D eigenvalue weighted by atomic mass is 19.1.